The molecule has 0 radical (unpaired) electrons. The average molecular weight is 479 g/mol. The van der Waals surface area contributed by atoms with Crippen molar-refractivity contribution in [2.75, 3.05) is 15.9 Å². The summed E-state index contributed by atoms with van der Waals surface area (Å²) in [4.78, 5) is 13.4. The molecule has 0 saturated heterocycles. The van der Waals surface area contributed by atoms with Crippen molar-refractivity contribution in [1.29, 1.82) is 0 Å². The van der Waals surface area contributed by atoms with Crippen molar-refractivity contribution in [3.8, 4) is 0 Å². The predicted octanol–water partition coefficient (Wildman–Crippen LogP) is 6.05. The number of sulfonamides is 1. The Morgan fingerprint density at radius 3 is 2.27 bits per heavy atom. The summed E-state index contributed by atoms with van der Waals surface area (Å²) in [6.07, 6.45) is 1.21. The smallest absolute Gasteiger partial charge is 0.265 e. The van der Waals surface area contributed by atoms with E-state index in [2.05, 4.69) is 5.32 Å². The third kappa shape index (κ3) is 5.26. The second-order valence-corrected chi connectivity index (χ2v) is 11.4. The number of carbonyl (C=O) groups excluding carboxylic acids is 1. The molecule has 0 fully saturated rings. The third-order valence-corrected chi connectivity index (χ3v) is 7.74. The first kappa shape index (κ1) is 23.0. The lowest BCUT2D eigenvalue weighted by molar-refractivity contribution is 0.103. The fraction of sp³-hybridized carbons (Fsp3) is 0.192. The summed E-state index contributed by atoms with van der Waals surface area (Å²) in [5, 5.41) is 3.81. The molecule has 170 valence electrons. The van der Waals surface area contributed by atoms with Crippen molar-refractivity contribution in [2.24, 2.45) is 0 Å². The van der Waals surface area contributed by atoms with E-state index >= 15 is 0 Å². The predicted molar refractivity (Wildman–Crippen MR) is 138 cm³/mol. The Morgan fingerprint density at radius 2 is 1.61 bits per heavy atom. The number of carbonyl (C=O) groups is 1. The molecule has 0 bridgehead atoms. The fourth-order valence-electron chi connectivity index (χ4n) is 3.69. The van der Waals surface area contributed by atoms with E-state index in [-0.39, 0.29) is 12.5 Å². The summed E-state index contributed by atoms with van der Waals surface area (Å²) in [5.41, 5.74) is 5.53. The minimum Gasteiger partial charge on any atom is -0.321 e. The van der Waals surface area contributed by atoms with Crippen molar-refractivity contribution in [1.82, 2.24) is 0 Å². The van der Waals surface area contributed by atoms with E-state index in [1.165, 1.54) is 21.9 Å². The molecule has 1 heterocycles. The SMILES string of the molecule is Cc1ccc(CN(c2ccc3sc(C(=O)Nc4ccc(C)cc4C)cc3c2)S(C)(=O)=O)cc1. The van der Waals surface area contributed by atoms with Gasteiger partial charge in [0.1, 0.15) is 0 Å². The number of anilines is 2. The van der Waals surface area contributed by atoms with Crippen LogP contribution in [0.15, 0.2) is 66.7 Å². The quantitative estimate of drug-likeness (QED) is 0.367. The maximum atomic E-state index is 12.9. The summed E-state index contributed by atoms with van der Waals surface area (Å²) >= 11 is 1.39. The molecule has 4 aromatic rings. The minimum atomic E-state index is -3.50. The van der Waals surface area contributed by atoms with Crippen LogP contribution in [0.25, 0.3) is 10.1 Å². The van der Waals surface area contributed by atoms with Crippen molar-refractivity contribution in [3.63, 3.8) is 0 Å². The maximum absolute atomic E-state index is 12.9. The number of rotatable bonds is 6. The number of hydrogen-bond acceptors (Lipinski definition) is 4. The van der Waals surface area contributed by atoms with Crippen LogP contribution in [0.5, 0.6) is 0 Å². The zero-order chi connectivity index (χ0) is 23.8. The van der Waals surface area contributed by atoms with Crippen LogP contribution in [0.1, 0.15) is 31.9 Å². The number of amides is 1. The summed E-state index contributed by atoms with van der Waals surface area (Å²) in [5.74, 6) is -0.177. The van der Waals surface area contributed by atoms with Crippen LogP contribution in [0, 0.1) is 20.8 Å². The average Bonchev–Trinajstić information content (AvgIpc) is 3.18. The van der Waals surface area contributed by atoms with Gasteiger partial charge in [0.25, 0.3) is 5.91 Å². The highest BCUT2D eigenvalue weighted by atomic mass is 32.2. The van der Waals surface area contributed by atoms with Crippen LogP contribution < -0.4 is 9.62 Å². The number of nitrogens with zero attached hydrogens (tertiary/aromatic N) is 1. The van der Waals surface area contributed by atoms with Gasteiger partial charge >= 0.3 is 0 Å². The van der Waals surface area contributed by atoms with Crippen molar-refractivity contribution in [2.45, 2.75) is 27.3 Å². The molecule has 33 heavy (non-hydrogen) atoms. The second kappa shape index (κ2) is 9.00. The Balaban J connectivity index is 1.63. The first-order valence-corrected chi connectivity index (χ1v) is 13.2. The largest absolute Gasteiger partial charge is 0.321 e. The summed E-state index contributed by atoms with van der Waals surface area (Å²) in [6, 6.07) is 21.0. The van der Waals surface area contributed by atoms with E-state index < -0.39 is 10.0 Å². The molecule has 0 aliphatic carbocycles. The fourth-order valence-corrected chi connectivity index (χ4v) is 5.51. The Labute approximate surface area is 198 Å². The molecule has 0 spiro atoms. The van der Waals surface area contributed by atoms with Crippen molar-refractivity contribution >= 4 is 48.7 Å². The van der Waals surface area contributed by atoms with Gasteiger partial charge in [0.15, 0.2) is 0 Å². The van der Waals surface area contributed by atoms with Crippen LogP contribution in [-0.4, -0.2) is 20.6 Å². The molecule has 1 amide bonds. The van der Waals surface area contributed by atoms with Crippen LogP contribution in [0.2, 0.25) is 0 Å². The lowest BCUT2D eigenvalue weighted by Gasteiger charge is -2.22. The van der Waals surface area contributed by atoms with E-state index in [4.69, 9.17) is 0 Å². The molecule has 0 saturated carbocycles. The van der Waals surface area contributed by atoms with E-state index in [1.54, 1.807) is 6.07 Å². The van der Waals surface area contributed by atoms with E-state index in [0.29, 0.717) is 10.6 Å². The highest BCUT2D eigenvalue weighted by Crippen LogP contribution is 2.32. The van der Waals surface area contributed by atoms with Gasteiger partial charge < -0.3 is 5.32 Å². The van der Waals surface area contributed by atoms with Gasteiger partial charge in [-0.15, -0.1) is 11.3 Å². The van der Waals surface area contributed by atoms with Crippen LogP contribution in [0.3, 0.4) is 0 Å². The highest BCUT2D eigenvalue weighted by molar-refractivity contribution is 7.92. The van der Waals surface area contributed by atoms with Crippen LogP contribution >= 0.6 is 11.3 Å². The summed E-state index contributed by atoms with van der Waals surface area (Å²) < 4.78 is 27.5. The molecule has 0 unspecified atom stereocenters. The molecule has 0 aliphatic heterocycles. The number of benzene rings is 3. The van der Waals surface area contributed by atoms with E-state index in [9.17, 15) is 13.2 Å². The summed E-state index contributed by atoms with van der Waals surface area (Å²) in [7, 11) is -3.50. The van der Waals surface area contributed by atoms with E-state index in [1.807, 2.05) is 81.4 Å². The van der Waals surface area contributed by atoms with Crippen molar-refractivity contribution in [3.05, 3.63) is 93.9 Å². The second-order valence-electron chi connectivity index (χ2n) is 8.36. The van der Waals surface area contributed by atoms with Gasteiger partial charge in [-0.2, -0.15) is 0 Å². The van der Waals surface area contributed by atoms with Gasteiger partial charge in [-0.05, 0) is 67.6 Å². The maximum Gasteiger partial charge on any atom is 0.265 e. The van der Waals surface area contributed by atoms with E-state index in [0.717, 1.165) is 38.0 Å². The molecule has 7 heteroatoms. The number of thiophene rings is 1. The number of fused-ring (bicyclic) bond motifs is 1. The van der Waals surface area contributed by atoms with Gasteiger partial charge in [0.05, 0.1) is 23.4 Å². The highest BCUT2D eigenvalue weighted by Gasteiger charge is 2.19. The lowest BCUT2D eigenvalue weighted by Crippen LogP contribution is -2.29. The monoisotopic (exact) mass is 478 g/mol. The first-order valence-electron chi connectivity index (χ1n) is 10.6. The molecule has 1 aromatic heterocycles. The number of nitrogens with one attached hydrogen (secondary N) is 1. The standard InChI is InChI=1S/C26H26N2O3S2/c1-17-5-8-20(9-6-17)16-28(33(4,30)31)22-10-12-24-21(14-22)15-25(32-24)26(29)27-23-11-7-18(2)13-19(23)3/h5-15H,16H2,1-4H3,(H,27,29). The van der Waals surface area contributed by atoms with Crippen LogP contribution in [-0.2, 0) is 16.6 Å². The normalized spacial score (nSPS) is 11.5. The molecule has 3 aromatic carbocycles. The first-order chi connectivity index (χ1) is 15.6. The molecule has 4 rings (SSSR count). The molecular weight excluding hydrogens is 452 g/mol. The van der Waals surface area contributed by atoms with Gasteiger partial charge in [0, 0.05) is 10.4 Å². The molecule has 1 N–H and O–H groups in total. The third-order valence-electron chi connectivity index (χ3n) is 5.49. The number of hydrogen-bond donors (Lipinski definition) is 1. The van der Waals surface area contributed by atoms with Gasteiger partial charge in [0.2, 0.25) is 10.0 Å². The molecule has 5 nitrogen and oxygen atoms in total. The van der Waals surface area contributed by atoms with Crippen molar-refractivity contribution < 1.29 is 13.2 Å². The minimum absolute atomic E-state index is 0.177. The molecule has 0 aliphatic rings. The Morgan fingerprint density at radius 1 is 0.909 bits per heavy atom. The molecule has 0 atom stereocenters. The zero-order valence-corrected chi connectivity index (χ0v) is 20.7. The Bertz CT molecular complexity index is 1440. The van der Waals surface area contributed by atoms with Gasteiger partial charge in [-0.25, -0.2) is 8.42 Å². The molecular formula is C26H26N2O3S2. The Hall–Kier alpha value is -3.16. The van der Waals surface area contributed by atoms with Gasteiger partial charge in [-0.1, -0.05) is 47.5 Å². The Kier molecular flexibility index (Phi) is 6.28. The number of aryl methyl sites for hydroxylation is 3. The van der Waals surface area contributed by atoms with Crippen LogP contribution in [0.4, 0.5) is 11.4 Å². The summed E-state index contributed by atoms with van der Waals surface area (Å²) in [6.45, 7) is 6.22. The zero-order valence-electron chi connectivity index (χ0n) is 19.0. The van der Waals surface area contributed by atoms with Gasteiger partial charge in [-0.3, -0.25) is 9.10 Å². The lowest BCUT2D eigenvalue weighted by atomic mass is 10.1. The topological polar surface area (TPSA) is 66.5 Å².